The van der Waals surface area contributed by atoms with Crippen LogP contribution in [-0.2, 0) is 11.2 Å². The van der Waals surface area contributed by atoms with Crippen molar-refractivity contribution < 1.29 is 4.79 Å². The smallest absolute Gasteiger partial charge is 0.207 e. The van der Waals surface area contributed by atoms with E-state index in [4.69, 9.17) is 0 Å². The van der Waals surface area contributed by atoms with Crippen molar-refractivity contribution in [2.45, 2.75) is 57.3 Å². The normalized spacial score (nSPS) is 17.1. The number of benzene rings is 1. The average Bonchev–Trinajstić information content (AvgIpc) is 3.02. The molecule has 2 heteroatoms. The zero-order chi connectivity index (χ0) is 17.5. The third kappa shape index (κ3) is 4.72. The van der Waals surface area contributed by atoms with Gasteiger partial charge in [-0.2, -0.15) is 0 Å². The largest absolute Gasteiger partial charge is 0.359 e. The minimum absolute atomic E-state index is 0.514. The van der Waals surface area contributed by atoms with Crippen LogP contribution in [0.2, 0.25) is 0 Å². The van der Waals surface area contributed by atoms with Crippen LogP contribution in [0.15, 0.2) is 48.6 Å². The van der Waals surface area contributed by atoms with Gasteiger partial charge in [-0.15, -0.1) is 0 Å². The Kier molecular flexibility index (Phi) is 6.27. The van der Waals surface area contributed by atoms with Gasteiger partial charge < -0.3 is 5.32 Å². The molecule has 0 radical (unpaired) electrons. The van der Waals surface area contributed by atoms with E-state index in [1.165, 1.54) is 53.5 Å². The summed E-state index contributed by atoms with van der Waals surface area (Å²) in [5, 5.41) is 2.83. The van der Waals surface area contributed by atoms with E-state index in [0.29, 0.717) is 5.92 Å². The van der Waals surface area contributed by atoms with Crippen molar-refractivity contribution in [2.24, 2.45) is 0 Å². The lowest BCUT2D eigenvalue weighted by atomic mass is 9.87. The number of fused-ring (bicyclic) bond motifs is 1. The maximum Gasteiger partial charge on any atom is 0.207 e. The van der Waals surface area contributed by atoms with Crippen molar-refractivity contribution in [3.05, 3.63) is 65.3 Å². The lowest BCUT2D eigenvalue weighted by Crippen LogP contribution is -2.15. The van der Waals surface area contributed by atoms with Gasteiger partial charge in [0.25, 0.3) is 0 Å². The zero-order valence-electron chi connectivity index (χ0n) is 15.1. The Hall–Kier alpha value is -2.09. The Balaban J connectivity index is 1.64. The van der Waals surface area contributed by atoms with Crippen LogP contribution in [0.5, 0.6) is 0 Å². The number of hydrogen-bond acceptors (Lipinski definition) is 1. The second-order valence-corrected chi connectivity index (χ2v) is 7.23. The Bertz CT molecular complexity index is 683. The summed E-state index contributed by atoms with van der Waals surface area (Å²) in [6, 6.07) is 6.92. The lowest BCUT2D eigenvalue weighted by molar-refractivity contribution is -0.109. The van der Waals surface area contributed by atoms with Crippen LogP contribution in [0.3, 0.4) is 0 Å². The van der Waals surface area contributed by atoms with Crippen LogP contribution >= 0.6 is 0 Å². The van der Waals surface area contributed by atoms with Gasteiger partial charge in [-0.25, -0.2) is 0 Å². The molecule has 0 fully saturated rings. The number of carbonyl (C=O) groups is 1. The summed E-state index contributed by atoms with van der Waals surface area (Å²) < 4.78 is 0. The molecule has 2 aliphatic carbocycles. The molecule has 1 aromatic rings. The summed E-state index contributed by atoms with van der Waals surface area (Å²) >= 11 is 0. The lowest BCUT2D eigenvalue weighted by Gasteiger charge is -2.19. The minimum atomic E-state index is 0.514. The highest BCUT2D eigenvalue weighted by Crippen LogP contribution is 2.35. The van der Waals surface area contributed by atoms with E-state index in [0.717, 1.165) is 38.6 Å². The van der Waals surface area contributed by atoms with E-state index in [1.54, 1.807) is 0 Å². The van der Waals surface area contributed by atoms with Gasteiger partial charge in [0.1, 0.15) is 0 Å². The Labute approximate surface area is 151 Å². The van der Waals surface area contributed by atoms with Gasteiger partial charge in [-0.3, -0.25) is 4.79 Å². The fourth-order valence-corrected chi connectivity index (χ4v) is 4.04. The number of hydrogen-bond donors (Lipinski definition) is 1. The SMILES string of the molecule is C=C1CCc2cc(C(CCCC3=CCCC=C3)CCNC=O)ccc21. The summed E-state index contributed by atoms with van der Waals surface area (Å²) in [5.74, 6) is 0.514. The molecule has 132 valence electrons. The molecule has 2 nitrogen and oxygen atoms in total. The number of carbonyl (C=O) groups excluding carboxylic acids is 1. The predicted octanol–water partition coefficient (Wildman–Crippen LogP) is 5.31. The molecular weight excluding hydrogens is 306 g/mol. The quantitative estimate of drug-likeness (QED) is 0.481. The molecule has 1 amide bonds. The van der Waals surface area contributed by atoms with E-state index in [-0.39, 0.29) is 0 Å². The molecule has 1 aromatic carbocycles. The first-order chi connectivity index (χ1) is 12.3. The highest BCUT2D eigenvalue weighted by atomic mass is 16.1. The summed E-state index contributed by atoms with van der Waals surface area (Å²) in [4.78, 5) is 10.6. The molecule has 3 rings (SSSR count). The summed E-state index contributed by atoms with van der Waals surface area (Å²) in [6.07, 6.45) is 16.9. The topological polar surface area (TPSA) is 29.1 Å². The Morgan fingerprint density at radius 2 is 2.12 bits per heavy atom. The molecule has 0 aromatic heterocycles. The average molecular weight is 335 g/mol. The summed E-state index contributed by atoms with van der Waals surface area (Å²) in [6.45, 7) is 4.92. The second-order valence-electron chi connectivity index (χ2n) is 7.23. The van der Waals surface area contributed by atoms with E-state index in [9.17, 15) is 4.79 Å². The second kappa shape index (κ2) is 8.84. The fourth-order valence-electron chi connectivity index (χ4n) is 4.04. The number of nitrogens with one attached hydrogen (secondary N) is 1. The number of rotatable bonds is 9. The van der Waals surface area contributed by atoms with Crippen LogP contribution in [-0.4, -0.2) is 13.0 Å². The summed E-state index contributed by atoms with van der Waals surface area (Å²) in [5.41, 5.74) is 6.99. The molecule has 0 saturated carbocycles. The summed E-state index contributed by atoms with van der Waals surface area (Å²) in [7, 11) is 0. The minimum Gasteiger partial charge on any atom is -0.359 e. The Morgan fingerprint density at radius 3 is 2.92 bits per heavy atom. The van der Waals surface area contributed by atoms with E-state index in [1.807, 2.05) is 0 Å². The van der Waals surface area contributed by atoms with Crippen molar-refractivity contribution in [1.29, 1.82) is 0 Å². The van der Waals surface area contributed by atoms with Gasteiger partial charge in [0, 0.05) is 6.54 Å². The van der Waals surface area contributed by atoms with Crippen LogP contribution in [0.25, 0.3) is 5.57 Å². The molecule has 25 heavy (non-hydrogen) atoms. The van der Waals surface area contributed by atoms with Gasteiger partial charge in [0.05, 0.1) is 0 Å². The first-order valence-corrected chi connectivity index (χ1v) is 9.61. The number of aryl methyl sites for hydroxylation is 1. The van der Waals surface area contributed by atoms with Crippen molar-refractivity contribution in [1.82, 2.24) is 5.32 Å². The highest BCUT2D eigenvalue weighted by Gasteiger charge is 2.18. The fraction of sp³-hybridized carbons (Fsp3) is 0.435. The maximum absolute atomic E-state index is 10.6. The van der Waals surface area contributed by atoms with Crippen molar-refractivity contribution in [2.75, 3.05) is 6.54 Å². The molecule has 2 aliphatic rings. The standard InChI is InChI=1S/C23H29NO/c1-18-10-11-22-16-21(12-13-23(18)22)20(14-15-24-17-25)9-5-8-19-6-3-2-4-7-19/h3,6-7,12-13,16-17,20H,1-2,4-5,8-11,14-15H2,(H,24,25). The van der Waals surface area contributed by atoms with Crippen LogP contribution in [0, 0.1) is 0 Å². The molecular formula is C23H29NO. The van der Waals surface area contributed by atoms with Crippen molar-refractivity contribution >= 4 is 12.0 Å². The predicted molar refractivity (Wildman–Crippen MR) is 106 cm³/mol. The Morgan fingerprint density at radius 1 is 1.20 bits per heavy atom. The molecule has 1 N–H and O–H groups in total. The zero-order valence-corrected chi connectivity index (χ0v) is 15.1. The van der Waals surface area contributed by atoms with Crippen molar-refractivity contribution in [3.8, 4) is 0 Å². The van der Waals surface area contributed by atoms with Gasteiger partial charge in [0.2, 0.25) is 6.41 Å². The van der Waals surface area contributed by atoms with E-state index in [2.05, 4.69) is 48.3 Å². The van der Waals surface area contributed by atoms with Gasteiger partial charge in [-0.05, 0) is 79.5 Å². The third-order valence-electron chi connectivity index (χ3n) is 5.49. The number of amides is 1. The van der Waals surface area contributed by atoms with Crippen molar-refractivity contribution in [3.63, 3.8) is 0 Å². The van der Waals surface area contributed by atoms with E-state index < -0.39 is 0 Å². The van der Waals surface area contributed by atoms with Gasteiger partial charge in [-0.1, -0.05) is 48.6 Å². The van der Waals surface area contributed by atoms with Crippen LogP contribution in [0.1, 0.15) is 67.6 Å². The van der Waals surface area contributed by atoms with Crippen LogP contribution < -0.4 is 5.32 Å². The molecule has 0 spiro atoms. The first kappa shape index (κ1) is 17.7. The van der Waals surface area contributed by atoms with E-state index >= 15 is 0 Å². The molecule has 1 atom stereocenters. The molecule has 0 aliphatic heterocycles. The van der Waals surface area contributed by atoms with Gasteiger partial charge in [0.15, 0.2) is 0 Å². The monoisotopic (exact) mass is 335 g/mol. The highest BCUT2D eigenvalue weighted by molar-refractivity contribution is 5.71. The third-order valence-corrected chi connectivity index (χ3v) is 5.49. The van der Waals surface area contributed by atoms with Gasteiger partial charge >= 0.3 is 0 Å². The molecule has 0 heterocycles. The first-order valence-electron chi connectivity index (χ1n) is 9.61. The molecule has 0 bridgehead atoms. The maximum atomic E-state index is 10.6. The molecule has 0 saturated heterocycles. The molecule has 1 unspecified atom stereocenters. The number of allylic oxidation sites excluding steroid dienone is 5. The van der Waals surface area contributed by atoms with Crippen LogP contribution in [0.4, 0.5) is 0 Å².